The summed E-state index contributed by atoms with van der Waals surface area (Å²) in [6.45, 7) is 4.88. The predicted molar refractivity (Wildman–Crippen MR) is 55.1 cm³/mol. The van der Waals surface area contributed by atoms with Crippen LogP contribution in [0.25, 0.3) is 0 Å². The van der Waals surface area contributed by atoms with Gasteiger partial charge in [0, 0.05) is 26.9 Å². The van der Waals surface area contributed by atoms with E-state index in [2.05, 4.69) is 12.2 Å². The van der Waals surface area contributed by atoms with Crippen molar-refractivity contribution in [1.29, 1.82) is 0 Å². The highest BCUT2D eigenvalue weighted by Gasteiger charge is 2.05. The summed E-state index contributed by atoms with van der Waals surface area (Å²) in [5, 5.41) is 3.45. The molecule has 0 aromatic rings. The number of hydrogen-bond donors (Lipinski definition) is 1. The molecule has 3 nitrogen and oxygen atoms in total. The van der Waals surface area contributed by atoms with Crippen molar-refractivity contribution in [1.82, 2.24) is 5.32 Å². The van der Waals surface area contributed by atoms with Gasteiger partial charge in [-0.3, -0.25) is 0 Å². The Bertz CT molecular complexity index is 98.9. The van der Waals surface area contributed by atoms with E-state index in [0.717, 1.165) is 32.6 Å². The first-order valence-electron chi connectivity index (χ1n) is 5.06. The second kappa shape index (κ2) is 9.96. The van der Waals surface area contributed by atoms with Gasteiger partial charge in [-0.05, 0) is 25.8 Å². The van der Waals surface area contributed by atoms with Crippen LogP contribution in [0.1, 0.15) is 26.2 Å². The van der Waals surface area contributed by atoms with E-state index in [1.165, 1.54) is 6.42 Å². The number of methoxy groups -OCH3 is 2. The Labute approximate surface area is 81.8 Å². The minimum Gasteiger partial charge on any atom is -0.385 e. The van der Waals surface area contributed by atoms with Crippen LogP contribution >= 0.6 is 0 Å². The third-order valence-corrected chi connectivity index (χ3v) is 1.95. The van der Waals surface area contributed by atoms with Gasteiger partial charge in [-0.2, -0.15) is 0 Å². The Morgan fingerprint density at radius 2 is 2.00 bits per heavy atom. The van der Waals surface area contributed by atoms with Crippen molar-refractivity contribution in [2.75, 3.05) is 34.0 Å². The van der Waals surface area contributed by atoms with Crippen molar-refractivity contribution < 1.29 is 9.47 Å². The molecule has 1 atom stereocenters. The monoisotopic (exact) mass is 189 g/mol. The molecule has 0 aliphatic rings. The molecule has 0 aliphatic heterocycles. The van der Waals surface area contributed by atoms with E-state index in [9.17, 15) is 0 Å². The van der Waals surface area contributed by atoms with E-state index >= 15 is 0 Å². The molecule has 1 N–H and O–H groups in total. The highest BCUT2D eigenvalue weighted by molar-refractivity contribution is 4.65. The summed E-state index contributed by atoms with van der Waals surface area (Å²) >= 11 is 0. The van der Waals surface area contributed by atoms with Crippen LogP contribution in [0, 0.1) is 0 Å². The summed E-state index contributed by atoms with van der Waals surface area (Å²) in [6, 6.07) is 0.486. The van der Waals surface area contributed by atoms with E-state index in [4.69, 9.17) is 9.47 Å². The first kappa shape index (κ1) is 12.9. The van der Waals surface area contributed by atoms with E-state index in [0.29, 0.717) is 6.04 Å². The zero-order chi connectivity index (χ0) is 9.94. The average molecular weight is 189 g/mol. The molecule has 1 unspecified atom stereocenters. The summed E-state index contributed by atoms with van der Waals surface area (Å²) in [5.74, 6) is 0. The lowest BCUT2D eigenvalue weighted by Gasteiger charge is -2.16. The zero-order valence-corrected chi connectivity index (χ0v) is 9.14. The van der Waals surface area contributed by atoms with Crippen molar-refractivity contribution in [3.8, 4) is 0 Å². The normalized spacial score (nSPS) is 13.2. The van der Waals surface area contributed by atoms with Crippen LogP contribution in [0.5, 0.6) is 0 Å². The van der Waals surface area contributed by atoms with Gasteiger partial charge in [0.25, 0.3) is 0 Å². The van der Waals surface area contributed by atoms with E-state index in [-0.39, 0.29) is 0 Å². The molecule has 0 fully saturated rings. The standard InChI is InChI=1S/C10H23NO2/c1-4-7-11-10(9-13-3)6-5-8-12-2/h10-11H,4-9H2,1-3H3. The number of nitrogens with one attached hydrogen (secondary N) is 1. The van der Waals surface area contributed by atoms with Gasteiger partial charge in [0.2, 0.25) is 0 Å². The minimum absolute atomic E-state index is 0.486. The van der Waals surface area contributed by atoms with Crippen LogP contribution in [0.2, 0.25) is 0 Å². The van der Waals surface area contributed by atoms with E-state index < -0.39 is 0 Å². The maximum absolute atomic E-state index is 5.13. The third-order valence-electron chi connectivity index (χ3n) is 1.95. The number of rotatable bonds is 9. The van der Waals surface area contributed by atoms with Gasteiger partial charge in [0.05, 0.1) is 6.61 Å². The van der Waals surface area contributed by atoms with Crippen LogP contribution in [-0.2, 0) is 9.47 Å². The summed E-state index contributed by atoms with van der Waals surface area (Å²) < 4.78 is 10.1. The minimum atomic E-state index is 0.486. The maximum Gasteiger partial charge on any atom is 0.0615 e. The Hall–Kier alpha value is -0.120. The molecule has 0 aromatic heterocycles. The molecule has 0 bridgehead atoms. The van der Waals surface area contributed by atoms with Gasteiger partial charge in [-0.25, -0.2) is 0 Å². The van der Waals surface area contributed by atoms with Crippen LogP contribution < -0.4 is 5.32 Å². The fourth-order valence-electron chi connectivity index (χ4n) is 1.27. The van der Waals surface area contributed by atoms with Crippen molar-refractivity contribution in [2.45, 2.75) is 32.2 Å². The molecule has 0 radical (unpaired) electrons. The molecular formula is C10H23NO2. The summed E-state index contributed by atoms with van der Waals surface area (Å²) in [6.07, 6.45) is 3.40. The van der Waals surface area contributed by atoms with Crippen molar-refractivity contribution >= 4 is 0 Å². The molecule has 0 amide bonds. The maximum atomic E-state index is 5.13. The lowest BCUT2D eigenvalue weighted by atomic mass is 10.1. The fourth-order valence-corrected chi connectivity index (χ4v) is 1.27. The second-order valence-corrected chi connectivity index (χ2v) is 3.24. The van der Waals surface area contributed by atoms with Crippen LogP contribution in [0.15, 0.2) is 0 Å². The summed E-state index contributed by atoms with van der Waals surface area (Å²) in [4.78, 5) is 0. The third kappa shape index (κ3) is 8.22. The fraction of sp³-hybridized carbons (Fsp3) is 1.00. The van der Waals surface area contributed by atoms with E-state index in [1.807, 2.05) is 0 Å². The predicted octanol–water partition coefficient (Wildman–Crippen LogP) is 1.43. The van der Waals surface area contributed by atoms with Crippen molar-refractivity contribution in [2.24, 2.45) is 0 Å². The Balaban J connectivity index is 3.41. The van der Waals surface area contributed by atoms with Gasteiger partial charge in [0.1, 0.15) is 0 Å². The molecule has 3 heteroatoms. The Kier molecular flexibility index (Phi) is 9.87. The smallest absolute Gasteiger partial charge is 0.0615 e. The molecule has 80 valence electrons. The average Bonchev–Trinajstić information content (AvgIpc) is 2.14. The van der Waals surface area contributed by atoms with Gasteiger partial charge in [0.15, 0.2) is 0 Å². The molecule has 13 heavy (non-hydrogen) atoms. The van der Waals surface area contributed by atoms with Gasteiger partial charge < -0.3 is 14.8 Å². The molecule has 0 rings (SSSR count). The van der Waals surface area contributed by atoms with Crippen LogP contribution in [0.4, 0.5) is 0 Å². The van der Waals surface area contributed by atoms with E-state index in [1.54, 1.807) is 14.2 Å². The van der Waals surface area contributed by atoms with Crippen LogP contribution in [-0.4, -0.2) is 40.0 Å². The van der Waals surface area contributed by atoms with Crippen molar-refractivity contribution in [3.63, 3.8) is 0 Å². The SMILES string of the molecule is CCCNC(CCCOC)COC. The second-order valence-electron chi connectivity index (χ2n) is 3.24. The molecular weight excluding hydrogens is 166 g/mol. The molecule has 0 heterocycles. The lowest BCUT2D eigenvalue weighted by molar-refractivity contribution is 0.148. The topological polar surface area (TPSA) is 30.5 Å². The quantitative estimate of drug-likeness (QED) is 0.557. The Morgan fingerprint density at radius 3 is 2.54 bits per heavy atom. The molecule has 0 saturated heterocycles. The first-order valence-corrected chi connectivity index (χ1v) is 5.06. The molecule has 0 aliphatic carbocycles. The zero-order valence-electron chi connectivity index (χ0n) is 9.14. The van der Waals surface area contributed by atoms with Crippen LogP contribution in [0.3, 0.4) is 0 Å². The summed E-state index contributed by atoms with van der Waals surface area (Å²) in [7, 11) is 3.49. The molecule has 0 aromatic carbocycles. The van der Waals surface area contributed by atoms with Gasteiger partial charge >= 0.3 is 0 Å². The largest absolute Gasteiger partial charge is 0.385 e. The highest BCUT2D eigenvalue weighted by atomic mass is 16.5. The number of ether oxygens (including phenoxy) is 2. The molecule has 0 saturated carbocycles. The Morgan fingerprint density at radius 1 is 1.23 bits per heavy atom. The summed E-state index contributed by atoms with van der Waals surface area (Å²) in [5.41, 5.74) is 0. The van der Waals surface area contributed by atoms with Crippen molar-refractivity contribution in [3.05, 3.63) is 0 Å². The highest BCUT2D eigenvalue weighted by Crippen LogP contribution is 1.98. The molecule has 0 spiro atoms. The number of hydrogen-bond acceptors (Lipinski definition) is 3. The van der Waals surface area contributed by atoms with Gasteiger partial charge in [-0.1, -0.05) is 6.92 Å². The lowest BCUT2D eigenvalue weighted by Crippen LogP contribution is -2.33. The first-order chi connectivity index (χ1) is 6.35. The van der Waals surface area contributed by atoms with Gasteiger partial charge in [-0.15, -0.1) is 0 Å².